The molecule has 1 aliphatic heterocycles. The number of amides is 2. The van der Waals surface area contributed by atoms with Crippen LogP contribution in [0.2, 0.25) is 0 Å². The number of hydrazine groups is 1. The summed E-state index contributed by atoms with van der Waals surface area (Å²) in [7, 11) is 3.45. The van der Waals surface area contributed by atoms with E-state index in [4.69, 9.17) is 10.5 Å². The molecule has 1 aromatic rings. The van der Waals surface area contributed by atoms with Gasteiger partial charge in [-0.3, -0.25) is 15.0 Å². The first-order valence-corrected chi connectivity index (χ1v) is 12.6. The lowest BCUT2D eigenvalue weighted by atomic mass is 9.96. The van der Waals surface area contributed by atoms with E-state index in [0.29, 0.717) is 19.6 Å². The molecule has 36 heavy (non-hydrogen) atoms. The molecule has 0 aromatic heterocycles. The van der Waals surface area contributed by atoms with Crippen molar-refractivity contribution < 1.29 is 14.3 Å². The number of allylic oxidation sites excluding steroid dienone is 4. The number of hydrogen-bond acceptors (Lipinski definition) is 6. The number of likely N-dealkylation sites (N-methyl/N-ethyl adjacent to an activating group) is 1. The molecule has 3 N–H and O–H groups in total. The second-order valence-corrected chi connectivity index (χ2v) is 9.52. The predicted molar refractivity (Wildman–Crippen MR) is 145 cm³/mol. The zero-order valence-corrected chi connectivity index (χ0v) is 22.3. The molecule has 0 radical (unpaired) electrons. The van der Waals surface area contributed by atoms with Gasteiger partial charge >= 0.3 is 0 Å². The van der Waals surface area contributed by atoms with Crippen molar-refractivity contribution in [3.63, 3.8) is 0 Å². The average molecular weight is 498 g/mol. The predicted octanol–water partition coefficient (Wildman–Crippen LogP) is 3.08. The first-order valence-electron chi connectivity index (χ1n) is 12.6. The van der Waals surface area contributed by atoms with E-state index in [1.54, 1.807) is 23.1 Å². The van der Waals surface area contributed by atoms with Crippen molar-refractivity contribution in [2.75, 3.05) is 33.8 Å². The molecule has 198 valence electrons. The van der Waals surface area contributed by atoms with Crippen LogP contribution in [-0.4, -0.2) is 72.6 Å². The Labute approximate surface area is 216 Å². The van der Waals surface area contributed by atoms with E-state index >= 15 is 0 Å². The Kier molecular flexibility index (Phi) is 11.9. The summed E-state index contributed by atoms with van der Waals surface area (Å²) >= 11 is 0. The first-order chi connectivity index (χ1) is 17.2. The SMILES string of the molecule is C=C/C=C(\C=C)CCCCN1CC(N)N(C(=O)CN(C)NCc2ccc(OC)cc2)[C@@H](C(C)C)C1=O. The zero-order chi connectivity index (χ0) is 26.7. The minimum atomic E-state index is -0.569. The highest BCUT2D eigenvalue weighted by Gasteiger charge is 2.43. The number of ether oxygens (including phenoxy) is 1. The molecule has 2 amide bonds. The average Bonchev–Trinajstić information content (AvgIpc) is 2.85. The molecule has 2 atom stereocenters. The van der Waals surface area contributed by atoms with Gasteiger partial charge in [0.15, 0.2) is 0 Å². The summed E-state index contributed by atoms with van der Waals surface area (Å²) in [5.74, 6) is 0.560. The number of hydrogen-bond donors (Lipinski definition) is 2. The number of methoxy groups -OCH3 is 1. The van der Waals surface area contributed by atoms with Crippen LogP contribution in [0.4, 0.5) is 0 Å². The number of rotatable bonds is 14. The van der Waals surface area contributed by atoms with Crippen molar-refractivity contribution in [1.29, 1.82) is 0 Å². The lowest BCUT2D eigenvalue weighted by Gasteiger charge is -2.46. The molecule has 8 heteroatoms. The highest BCUT2D eigenvalue weighted by atomic mass is 16.5. The van der Waals surface area contributed by atoms with Crippen molar-refractivity contribution >= 4 is 11.8 Å². The van der Waals surface area contributed by atoms with Gasteiger partial charge in [0.05, 0.1) is 26.4 Å². The second-order valence-electron chi connectivity index (χ2n) is 9.52. The molecule has 1 aromatic carbocycles. The first kappa shape index (κ1) is 29.3. The molecule has 1 aliphatic rings. The van der Waals surface area contributed by atoms with Gasteiger partial charge in [-0.15, -0.1) is 0 Å². The van der Waals surface area contributed by atoms with Crippen LogP contribution in [-0.2, 0) is 16.1 Å². The maximum Gasteiger partial charge on any atom is 0.245 e. The fourth-order valence-electron chi connectivity index (χ4n) is 4.41. The minimum Gasteiger partial charge on any atom is -0.497 e. The summed E-state index contributed by atoms with van der Waals surface area (Å²) in [4.78, 5) is 30.0. The summed E-state index contributed by atoms with van der Waals surface area (Å²) in [6.07, 6.45) is 7.69. The number of piperazine rings is 1. The van der Waals surface area contributed by atoms with Gasteiger partial charge in [-0.1, -0.05) is 57.4 Å². The van der Waals surface area contributed by atoms with Crippen LogP contribution in [0.15, 0.2) is 61.2 Å². The Morgan fingerprint density at radius 3 is 2.56 bits per heavy atom. The van der Waals surface area contributed by atoms with Crippen molar-refractivity contribution in [1.82, 2.24) is 20.2 Å². The van der Waals surface area contributed by atoms with Crippen LogP contribution in [0, 0.1) is 5.92 Å². The lowest BCUT2D eigenvalue weighted by Crippen LogP contribution is -2.68. The van der Waals surface area contributed by atoms with Crippen LogP contribution in [0.1, 0.15) is 38.7 Å². The number of nitrogens with zero attached hydrogens (tertiary/aromatic N) is 3. The number of nitrogens with two attached hydrogens (primary N) is 1. The van der Waals surface area contributed by atoms with Gasteiger partial charge in [-0.25, -0.2) is 5.01 Å². The molecule has 2 rings (SSSR count). The van der Waals surface area contributed by atoms with E-state index in [9.17, 15) is 9.59 Å². The van der Waals surface area contributed by atoms with E-state index < -0.39 is 12.2 Å². The summed E-state index contributed by atoms with van der Waals surface area (Å²) in [6, 6.07) is 7.17. The lowest BCUT2D eigenvalue weighted by molar-refractivity contribution is -0.159. The van der Waals surface area contributed by atoms with Gasteiger partial charge in [0.1, 0.15) is 11.8 Å². The Morgan fingerprint density at radius 2 is 1.97 bits per heavy atom. The Morgan fingerprint density at radius 1 is 1.28 bits per heavy atom. The van der Waals surface area contributed by atoms with Gasteiger partial charge in [0, 0.05) is 20.1 Å². The molecule has 8 nitrogen and oxygen atoms in total. The highest BCUT2D eigenvalue weighted by molar-refractivity contribution is 5.90. The maximum absolute atomic E-state index is 13.4. The van der Waals surface area contributed by atoms with Gasteiger partial charge in [-0.05, 0) is 48.4 Å². The van der Waals surface area contributed by atoms with Crippen LogP contribution < -0.4 is 15.9 Å². The number of benzene rings is 1. The number of unbranched alkanes of at least 4 members (excludes halogenated alkanes) is 1. The molecule has 1 fully saturated rings. The summed E-state index contributed by atoms with van der Waals surface area (Å²) in [5, 5.41) is 1.74. The highest BCUT2D eigenvalue weighted by Crippen LogP contribution is 2.22. The third-order valence-corrected chi connectivity index (χ3v) is 6.37. The fourth-order valence-corrected chi connectivity index (χ4v) is 4.41. The molecule has 1 heterocycles. The molecule has 1 saturated heterocycles. The Hall–Kier alpha value is -2.94. The van der Waals surface area contributed by atoms with Gasteiger partial charge in [0.2, 0.25) is 11.8 Å². The van der Waals surface area contributed by atoms with Crippen molar-refractivity contribution in [3.05, 3.63) is 66.8 Å². The van der Waals surface area contributed by atoms with Gasteiger partial charge in [0.25, 0.3) is 0 Å². The second kappa shape index (κ2) is 14.6. The fraction of sp³-hybridized carbons (Fsp3) is 0.500. The molecule has 0 saturated carbocycles. The quantitative estimate of drug-likeness (QED) is 0.233. The summed E-state index contributed by atoms with van der Waals surface area (Å²) < 4.78 is 5.19. The molecule has 0 bridgehead atoms. The van der Waals surface area contributed by atoms with Crippen molar-refractivity contribution in [2.45, 2.75) is 51.9 Å². The number of carbonyl (C=O) groups is 2. The Balaban J connectivity index is 1.93. The normalized spacial score (nSPS) is 18.6. The standard InChI is InChI=1S/C28H43N5O3/c1-7-11-22(8-2)12-9-10-17-32-19-25(29)33(27(21(3)4)28(32)35)26(34)20-31(5)30-18-23-13-15-24(36-6)16-14-23/h7-8,11,13-16,21,25,27,30H,1-2,9-10,12,17-20,29H2,3-6H3/b22-11+/t25?,27-/m0/s1. The molecule has 0 spiro atoms. The summed E-state index contributed by atoms with van der Waals surface area (Å²) in [6.45, 7) is 13.1. The van der Waals surface area contributed by atoms with E-state index in [0.717, 1.165) is 36.1 Å². The van der Waals surface area contributed by atoms with Crippen LogP contribution in [0.3, 0.4) is 0 Å². The topological polar surface area (TPSA) is 91.1 Å². The van der Waals surface area contributed by atoms with Crippen LogP contribution >= 0.6 is 0 Å². The smallest absolute Gasteiger partial charge is 0.245 e. The van der Waals surface area contributed by atoms with E-state index in [2.05, 4.69) is 18.6 Å². The third-order valence-electron chi connectivity index (χ3n) is 6.37. The Bertz CT molecular complexity index is 912. The molecule has 1 unspecified atom stereocenters. The number of nitrogens with one attached hydrogen (secondary N) is 1. The zero-order valence-electron chi connectivity index (χ0n) is 22.3. The summed E-state index contributed by atoms with van der Waals surface area (Å²) in [5.41, 5.74) is 11.9. The van der Waals surface area contributed by atoms with Gasteiger partial charge in [-0.2, -0.15) is 0 Å². The van der Waals surface area contributed by atoms with Crippen LogP contribution in [0.5, 0.6) is 5.75 Å². The van der Waals surface area contributed by atoms with Crippen LogP contribution in [0.25, 0.3) is 0 Å². The van der Waals surface area contributed by atoms with Gasteiger partial charge < -0.3 is 20.3 Å². The van der Waals surface area contributed by atoms with Crippen molar-refractivity contribution in [3.8, 4) is 5.75 Å². The minimum absolute atomic E-state index is 0.0283. The largest absolute Gasteiger partial charge is 0.497 e. The van der Waals surface area contributed by atoms with E-state index in [1.807, 2.05) is 62.2 Å². The molecular formula is C28H43N5O3. The molecule has 0 aliphatic carbocycles. The molecular weight excluding hydrogens is 454 g/mol. The number of carbonyl (C=O) groups excluding carboxylic acids is 2. The van der Waals surface area contributed by atoms with E-state index in [1.165, 1.54) is 0 Å². The van der Waals surface area contributed by atoms with E-state index in [-0.39, 0.29) is 24.3 Å². The maximum atomic E-state index is 13.4. The van der Waals surface area contributed by atoms with Crippen molar-refractivity contribution in [2.24, 2.45) is 11.7 Å². The third kappa shape index (κ3) is 8.33. The monoisotopic (exact) mass is 497 g/mol.